The van der Waals surface area contributed by atoms with Crippen molar-refractivity contribution in [1.29, 1.82) is 0 Å². The van der Waals surface area contributed by atoms with E-state index in [0.29, 0.717) is 15.6 Å². The average molecular weight is 446 g/mol. The smallest absolute Gasteiger partial charge is 0.263 e. The number of hydrogen-bond acceptors (Lipinski definition) is 3. The lowest BCUT2D eigenvalue weighted by Crippen LogP contribution is -2.13. The highest BCUT2D eigenvalue weighted by Crippen LogP contribution is 2.32. The summed E-state index contributed by atoms with van der Waals surface area (Å²) < 4.78 is 28.6. The minimum absolute atomic E-state index is 0.253. The van der Waals surface area contributed by atoms with E-state index in [0.717, 1.165) is 8.26 Å². The topological polar surface area (TPSA) is 46.2 Å². The van der Waals surface area contributed by atoms with E-state index in [9.17, 15) is 8.42 Å². The number of thiophene rings is 1. The number of anilines is 1. The summed E-state index contributed by atoms with van der Waals surface area (Å²) in [5.74, 6) is 0. The van der Waals surface area contributed by atoms with Crippen LogP contribution in [0.15, 0.2) is 37.4 Å². The number of hydrogen-bond donors (Lipinski definition) is 1. The summed E-state index contributed by atoms with van der Waals surface area (Å²) in [6.07, 6.45) is 0. The Balaban J connectivity index is 2.39. The molecule has 1 aromatic heterocycles. The fourth-order valence-corrected chi connectivity index (χ4v) is 5.74. The van der Waals surface area contributed by atoms with Gasteiger partial charge in [-0.15, -0.1) is 11.3 Å². The maximum absolute atomic E-state index is 12.3. The molecule has 0 saturated carbocycles. The van der Waals surface area contributed by atoms with Crippen molar-refractivity contribution in [3.63, 3.8) is 0 Å². The lowest BCUT2D eigenvalue weighted by molar-refractivity contribution is 0.601. The monoisotopic (exact) mass is 443 g/mol. The molecule has 0 saturated heterocycles. The highest BCUT2D eigenvalue weighted by atomic mass is 79.9. The second-order valence-electron chi connectivity index (χ2n) is 3.70. The molecule has 19 heavy (non-hydrogen) atoms. The van der Waals surface area contributed by atoms with E-state index in [2.05, 4.69) is 36.6 Å². The van der Waals surface area contributed by atoms with Crippen LogP contribution in [0.3, 0.4) is 0 Å². The summed E-state index contributed by atoms with van der Waals surface area (Å²) in [4.78, 5) is 0.968. The maximum atomic E-state index is 12.3. The molecule has 0 aliphatic heterocycles. The fraction of sp³-hybridized carbons (Fsp3) is 0.0909. The van der Waals surface area contributed by atoms with Gasteiger partial charge in [0.15, 0.2) is 0 Å². The number of nitrogens with one attached hydrogen (secondary N) is 1. The Hall–Kier alpha value is -0.0800. The van der Waals surface area contributed by atoms with Gasteiger partial charge < -0.3 is 0 Å². The first kappa shape index (κ1) is 15.3. The van der Waals surface area contributed by atoms with E-state index in [1.165, 1.54) is 11.3 Å². The molecule has 0 unspecified atom stereocenters. The van der Waals surface area contributed by atoms with Gasteiger partial charge in [-0.05, 0) is 47.1 Å². The Bertz CT molecular complexity index is 728. The fourth-order valence-electron chi connectivity index (χ4n) is 1.47. The molecule has 8 heteroatoms. The van der Waals surface area contributed by atoms with Gasteiger partial charge in [0.25, 0.3) is 10.0 Å². The number of halogens is 3. The molecule has 3 nitrogen and oxygen atoms in total. The van der Waals surface area contributed by atoms with Gasteiger partial charge in [-0.3, -0.25) is 4.72 Å². The number of rotatable bonds is 3. The second kappa shape index (κ2) is 5.73. The van der Waals surface area contributed by atoms with Gasteiger partial charge in [0.05, 0.1) is 14.5 Å². The van der Waals surface area contributed by atoms with Crippen LogP contribution in [0.4, 0.5) is 5.69 Å². The van der Waals surface area contributed by atoms with Crippen molar-refractivity contribution in [2.75, 3.05) is 4.72 Å². The molecule has 0 bridgehead atoms. The Labute approximate surface area is 137 Å². The van der Waals surface area contributed by atoms with Crippen LogP contribution in [0, 0.1) is 6.92 Å². The highest BCUT2D eigenvalue weighted by molar-refractivity contribution is 9.11. The zero-order chi connectivity index (χ0) is 14.2. The first-order chi connectivity index (χ1) is 8.79. The molecule has 1 aromatic carbocycles. The molecular weight excluding hydrogens is 438 g/mol. The molecule has 1 N–H and O–H groups in total. The quantitative estimate of drug-likeness (QED) is 0.720. The number of sulfonamides is 1. The molecule has 0 aliphatic carbocycles. The molecule has 0 amide bonds. The minimum atomic E-state index is -3.63. The van der Waals surface area contributed by atoms with Crippen LogP contribution in [0.25, 0.3) is 0 Å². The Kier molecular flexibility index (Phi) is 4.62. The predicted molar refractivity (Wildman–Crippen MR) is 86.7 cm³/mol. The van der Waals surface area contributed by atoms with E-state index < -0.39 is 10.0 Å². The normalized spacial score (nSPS) is 11.6. The van der Waals surface area contributed by atoms with E-state index in [1.807, 2.05) is 0 Å². The Morgan fingerprint density at radius 1 is 1.26 bits per heavy atom. The largest absolute Gasteiger partial charge is 0.278 e. The summed E-state index contributed by atoms with van der Waals surface area (Å²) in [7, 11) is -3.63. The zero-order valence-corrected chi connectivity index (χ0v) is 15.1. The molecule has 2 rings (SSSR count). The first-order valence-corrected chi connectivity index (χ1v) is 9.30. The van der Waals surface area contributed by atoms with Crippen LogP contribution < -0.4 is 4.72 Å². The lowest BCUT2D eigenvalue weighted by Gasteiger charge is -2.09. The van der Waals surface area contributed by atoms with Crippen molar-refractivity contribution < 1.29 is 8.42 Å². The standard InChI is InChI=1S/C11H8Br2ClNO2S2/c1-6-10(5-11(13)18-6)19(16,17)15-9-3-2-7(12)4-8(9)14/h2-5,15H,1H3. The molecule has 0 fully saturated rings. The van der Waals surface area contributed by atoms with Crippen molar-refractivity contribution in [3.05, 3.63) is 42.4 Å². The van der Waals surface area contributed by atoms with E-state index in [1.54, 1.807) is 31.2 Å². The molecule has 102 valence electrons. The van der Waals surface area contributed by atoms with Gasteiger partial charge in [-0.1, -0.05) is 27.5 Å². The third-order valence-electron chi connectivity index (χ3n) is 2.31. The number of benzene rings is 1. The van der Waals surface area contributed by atoms with Crippen LogP contribution in [-0.2, 0) is 10.0 Å². The van der Waals surface area contributed by atoms with Gasteiger partial charge in [-0.25, -0.2) is 8.42 Å². The van der Waals surface area contributed by atoms with Gasteiger partial charge in [0, 0.05) is 9.35 Å². The van der Waals surface area contributed by atoms with Gasteiger partial charge in [-0.2, -0.15) is 0 Å². The van der Waals surface area contributed by atoms with Gasteiger partial charge >= 0.3 is 0 Å². The summed E-state index contributed by atoms with van der Waals surface area (Å²) >= 11 is 13.9. The zero-order valence-electron chi connectivity index (χ0n) is 9.58. The Morgan fingerprint density at radius 2 is 1.95 bits per heavy atom. The SMILES string of the molecule is Cc1sc(Br)cc1S(=O)(=O)Nc1ccc(Br)cc1Cl. The molecule has 1 heterocycles. The molecule has 0 spiro atoms. The van der Waals surface area contributed by atoms with Gasteiger partial charge in [0.1, 0.15) is 4.90 Å². The number of aryl methyl sites for hydroxylation is 1. The summed E-state index contributed by atoms with van der Waals surface area (Å²) in [6, 6.07) is 6.55. The van der Waals surface area contributed by atoms with Crippen molar-refractivity contribution in [3.8, 4) is 0 Å². The molecule has 2 aromatic rings. The van der Waals surface area contributed by atoms with Crippen LogP contribution in [-0.4, -0.2) is 8.42 Å². The van der Waals surface area contributed by atoms with Crippen LogP contribution in [0.5, 0.6) is 0 Å². The molecule has 0 radical (unpaired) electrons. The van der Waals surface area contributed by atoms with Crippen molar-refractivity contribution in [2.24, 2.45) is 0 Å². The van der Waals surface area contributed by atoms with E-state index in [4.69, 9.17) is 11.6 Å². The predicted octanol–water partition coefficient (Wildman–Crippen LogP) is 5.04. The van der Waals surface area contributed by atoms with Crippen LogP contribution in [0.1, 0.15) is 4.88 Å². The summed E-state index contributed by atoms with van der Waals surface area (Å²) in [5, 5.41) is 0.338. The van der Waals surface area contributed by atoms with Crippen LogP contribution >= 0.6 is 54.8 Å². The third-order valence-corrected chi connectivity index (χ3v) is 6.29. The van der Waals surface area contributed by atoms with Crippen molar-refractivity contribution in [2.45, 2.75) is 11.8 Å². The summed E-state index contributed by atoms with van der Waals surface area (Å²) in [5.41, 5.74) is 0.353. The first-order valence-electron chi connectivity index (χ1n) is 5.03. The minimum Gasteiger partial charge on any atom is -0.278 e. The van der Waals surface area contributed by atoms with Crippen LogP contribution in [0.2, 0.25) is 5.02 Å². The van der Waals surface area contributed by atoms with E-state index >= 15 is 0 Å². The molecule has 0 atom stereocenters. The molecular formula is C11H8Br2ClNO2S2. The Morgan fingerprint density at radius 3 is 2.47 bits per heavy atom. The van der Waals surface area contributed by atoms with Crippen molar-refractivity contribution >= 4 is 70.5 Å². The van der Waals surface area contributed by atoms with Crippen molar-refractivity contribution in [1.82, 2.24) is 0 Å². The van der Waals surface area contributed by atoms with E-state index in [-0.39, 0.29) is 4.90 Å². The molecule has 0 aliphatic rings. The van der Waals surface area contributed by atoms with Gasteiger partial charge in [0.2, 0.25) is 0 Å². The maximum Gasteiger partial charge on any atom is 0.263 e. The lowest BCUT2D eigenvalue weighted by atomic mass is 10.3. The highest BCUT2D eigenvalue weighted by Gasteiger charge is 2.20. The third kappa shape index (κ3) is 3.52. The second-order valence-corrected chi connectivity index (χ2v) is 9.31. The average Bonchev–Trinajstić information content (AvgIpc) is 2.63. The summed E-state index contributed by atoms with van der Waals surface area (Å²) in [6.45, 7) is 1.76.